The maximum absolute atomic E-state index is 6.33. The number of aromatic amines is 1. The van der Waals surface area contributed by atoms with Crippen molar-refractivity contribution in [2.45, 2.75) is 41.9 Å². The number of nitrogens with one attached hydrogen (secondary N) is 1. The second kappa shape index (κ2) is 7.09. The van der Waals surface area contributed by atoms with E-state index in [1.807, 2.05) is 12.1 Å². The Bertz CT molecular complexity index is 1050. The van der Waals surface area contributed by atoms with Gasteiger partial charge in [0.1, 0.15) is 0 Å². The number of rotatable bonds is 6. The second-order valence-electron chi connectivity index (χ2n) is 7.07. The average molecular weight is 464 g/mol. The number of imidazole rings is 1. The molecule has 28 heavy (non-hydrogen) atoms. The quantitative estimate of drug-likeness (QED) is 0.481. The second-order valence-corrected chi connectivity index (χ2v) is 8.95. The number of nitrogen functional groups attached to an aromatic ring is 1. The zero-order valence-corrected chi connectivity index (χ0v) is 17.4. The Labute approximate surface area is 174 Å². The molecule has 1 saturated carbocycles. The van der Waals surface area contributed by atoms with Crippen molar-refractivity contribution in [3.05, 3.63) is 22.9 Å². The molecule has 2 aliphatic rings. The van der Waals surface area contributed by atoms with Gasteiger partial charge in [-0.15, -0.1) is 0 Å². The van der Waals surface area contributed by atoms with Crippen LogP contribution in [0.1, 0.15) is 19.3 Å². The summed E-state index contributed by atoms with van der Waals surface area (Å²) in [5.41, 5.74) is 13.9. The Morgan fingerprint density at radius 1 is 1.29 bits per heavy atom. The third kappa shape index (κ3) is 3.29. The number of hydrogen-bond acceptors (Lipinski definition) is 7. The van der Waals surface area contributed by atoms with Gasteiger partial charge in [0.25, 0.3) is 5.16 Å². The van der Waals surface area contributed by atoms with Crippen LogP contribution in [0, 0.1) is 5.92 Å². The van der Waals surface area contributed by atoms with E-state index >= 15 is 0 Å². The molecule has 1 aliphatic heterocycles. The summed E-state index contributed by atoms with van der Waals surface area (Å²) in [4.78, 5) is 13.0. The van der Waals surface area contributed by atoms with E-state index in [1.165, 1.54) is 19.2 Å². The van der Waals surface area contributed by atoms with Crippen LogP contribution in [0.4, 0.5) is 5.82 Å². The number of nitrogens with two attached hydrogens (primary N) is 2. The van der Waals surface area contributed by atoms with Gasteiger partial charge in [0.15, 0.2) is 23.6 Å². The molecule has 3 aromatic rings. The highest BCUT2D eigenvalue weighted by molar-refractivity contribution is 9.10. The molecule has 3 heterocycles. The van der Waals surface area contributed by atoms with Crippen molar-refractivity contribution >= 4 is 44.7 Å². The number of aryl methyl sites for hydroxylation is 1. The zero-order chi connectivity index (χ0) is 19.3. The number of hydrogen-bond donors (Lipinski definition) is 3. The van der Waals surface area contributed by atoms with Gasteiger partial charge >= 0.3 is 5.65 Å². The number of halogens is 1. The lowest BCUT2D eigenvalue weighted by atomic mass is 10.1. The van der Waals surface area contributed by atoms with Gasteiger partial charge in [-0.1, -0.05) is 4.98 Å². The van der Waals surface area contributed by atoms with Gasteiger partial charge in [-0.05, 0) is 65.0 Å². The predicted molar refractivity (Wildman–Crippen MR) is 108 cm³/mol. The van der Waals surface area contributed by atoms with Crippen molar-refractivity contribution in [2.24, 2.45) is 11.7 Å². The minimum absolute atomic E-state index is 0.215. The van der Waals surface area contributed by atoms with Crippen LogP contribution in [0.2, 0.25) is 0 Å². The van der Waals surface area contributed by atoms with Crippen molar-refractivity contribution in [1.82, 2.24) is 15.0 Å². The number of fused-ring (bicyclic) bond motifs is 2. The highest BCUT2D eigenvalue weighted by atomic mass is 79.9. The first-order chi connectivity index (χ1) is 13.6. The van der Waals surface area contributed by atoms with Crippen LogP contribution < -0.4 is 25.5 Å². The number of ether oxygens (including phenoxy) is 2. The summed E-state index contributed by atoms with van der Waals surface area (Å²) in [6.07, 6.45) is 4.86. The largest absolute Gasteiger partial charge is 0.454 e. The molecule has 1 aromatic carbocycles. The molecule has 1 unspecified atom stereocenters. The molecule has 10 heteroatoms. The van der Waals surface area contributed by atoms with E-state index in [-0.39, 0.29) is 12.8 Å². The molecule has 0 radical (unpaired) electrons. The van der Waals surface area contributed by atoms with Crippen LogP contribution in [0.5, 0.6) is 11.5 Å². The highest BCUT2D eigenvalue weighted by Gasteiger charge is 2.30. The first kappa shape index (κ1) is 18.0. The minimum Gasteiger partial charge on any atom is -0.454 e. The average Bonchev–Trinajstić information content (AvgIpc) is 3.34. The lowest BCUT2D eigenvalue weighted by Gasteiger charge is -2.10. The molecular formula is C18H20BrN6O2S+. The number of H-pyrrole nitrogens is 1. The summed E-state index contributed by atoms with van der Waals surface area (Å²) < 4.78 is 14.0. The third-order valence-electron chi connectivity index (χ3n) is 5.14. The van der Waals surface area contributed by atoms with E-state index in [4.69, 9.17) is 20.9 Å². The molecule has 0 saturated heterocycles. The molecule has 5 rings (SSSR count). The molecule has 0 spiro atoms. The van der Waals surface area contributed by atoms with Gasteiger partial charge in [0, 0.05) is 15.4 Å². The first-order valence-electron chi connectivity index (χ1n) is 9.14. The molecule has 1 atom stereocenters. The number of anilines is 1. The Morgan fingerprint density at radius 2 is 2.07 bits per heavy atom. The van der Waals surface area contributed by atoms with E-state index in [2.05, 4.69) is 35.4 Å². The summed E-state index contributed by atoms with van der Waals surface area (Å²) in [5.74, 6) is 2.57. The number of benzene rings is 1. The fourth-order valence-corrected chi connectivity index (χ4v) is 4.93. The Balaban J connectivity index is 1.51. The summed E-state index contributed by atoms with van der Waals surface area (Å²) in [7, 11) is 0. The lowest BCUT2D eigenvalue weighted by Crippen LogP contribution is -2.39. The zero-order valence-electron chi connectivity index (χ0n) is 15.0. The molecule has 0 bridgehead atoms. The molecule has 1 fully saturated rings. The molecule has 1 aliphatic carbocycles. The maximum Gasteiger partial charge on any atom is 0.308 e. The molecule has 2 aromatic heterocycles. The normalized spacial score (nSPS) is 16.6. The maximum atomic E-state index is 6.33. The molecule has 0 amide bonds. The van der Waals surface area contributed by atoms with Crippen LogP contribution in [-0.4, -0.2) is 27.8 Å². The number of nitrogens with zero attached hydrogens (tertiary/aromatic N) is 3. The summed E-state index contributed by atoms with van der Waals surface area (Å²) in [5, 5.41) is 0.921. The van der Waals surface area contributed by atoms with Crippen LogP contribution in [0.3, 0.4) is 0 Å². The van der Waals surface area contributed by atoms with Crippen LogP contribution in [-0.2, 0) is 6.54 Å². The smallest absolute Gasteiger partial charge is 0.308 e. The molecule has 146 valence electrons. The van der Waals surface area contributed by atoms with Crippen LogP contribution in [0.25, 0.3) is 11.2 Å². The van der Waals surface area contributed by atoms with Gasteiger partial charge in [-0.25, -0.2) is 4.57 Å². The van der Waals surface area contributed by atoms with E-state index in [0.717, 1.165) is 50.2 Å². The Hall–Kier alpha value is -2.04. The van der Waals surface area contributed by atoms with Crippen LogP contribution in [0.15, 0.2) is 33.0 Å². The standard InChI is InChI=1S/C18H19BrN6O2S/c19-10-5-12-13(27-8-26-12)6-14(10)28-18-24-15-16(21)22-7-23-17(15)25(18)4-3-11(20)9-1-2-9/h5-7,9,11H,1-4,8,20H2,(H2,21,22,23)/p+1. The molecular weight excluding hydrogens is 444 g/mol. The van der Waals surface area contributed by atoms with Gasteiger partial charge in [0.2, 0.25) is 12.3 Å². The Kier molecular flexibility index (Phi) is 4.56. The topological polar surface area (TPSA) is 116 Å². The van der Waals surface area contributed by atoms with E-state index in [1.54, 1.807) is 11.8 Å². The monoisotopic (exact) mass is 463 g/mol. The lowest BCUT2D eigenvalue weighted by molar-refractivity contribution is -0.710. The van der Waals surface area contributed by atoms with Gasteiger partial charge < -0.3 is 20.9 Å². The minimum atomic E-state index is 0.215. The number of aromatic nitrogens is 4. The van der Waals surface area contributed by atoms with Crippen molar-refractivity contribution in [1.29, 1.82) is 0 Å². The fraction of sp³-hybridized carbons (Fsp3) is 0.389. The first-order valence-corrected chi connectivity index (χ1v) is 10.8. The summed E-state index contributed by atoms with van der Waals surface area (Å²) in [6.45, 7) is 1.01. The Morgan fingerprint density at radius 3 is 2.86 bits per heavy atom. The van der Waals surface area contributed by atoms with Crippen molar-refractivity contribution < 1.29 is 14.0 Å². The van der Waals surface area contributed by atoms with Crippen molar-refractivity contribution in [2.75, 3.05) is 12.5 Å². The van der Waals surface area contributed by atoms with Crippen LogP contribution >= 0.6 is 27.7 Å². The van der Waals surface area contributed by atoms with Crippen molar-refractivity contribution in [3.8, 4) is 11.5 Å². The summed E-state index contributed by atoms with van der Waals surface area (Å²) >= 11 is 5.21. The van der Waals surface area contributed by atoms with Gasteiger partial charge in [0.05, 0.1) is 6.54 Å². The fourth-order valence-electron chi connectivity index (χ4n) is 3.39. The molecule has 8 nitrogen and oxygen atoms in total. The highest BCUT2D eigenvalue weighted by Crippen LogP contribution is 2.42. The predicted octanol–water partition coefficient (Wildman–Crippen LogP) is 2.60. The molecule has 5 N–H and O–H groups in total. The third-order valence-corrected chi connectivity index (χ3v) is 7.13. The van der Waals surface area contributed by atoms with Gasteiger partial charge in [-0.2, -0.15) is 4.98 Å². The van der Waals surface area contributed by atoms with Crippen molar-refractivity contribution in [3.63, 3.8) is 0 Å². The SMILES string of the molecule is Nc1ncnc2c1[nH]c(Sc1cc3c(cc1Br)OCO3)[n+]2CCC(N)C1CC1. The van der Waals surface area contributed by atoms with E-state index in [0.29, 0.717) is 11.7 Å². The van der Waals surface area contributed by atoms with Gasteiger partial charge in [-0.3, -0.25) is 4.98 Å². The van der Waals surface area contributed by atoms with E-state index in [9.17, 15) is 0 Å². The van der Waals surface area contributed by atoms with E-state index < -0.39 is 0 Å². The summed E-state index contributed by atoms with van der Waals surface area (Å²) in [6, 6.07) is 4.11.